The van der Waals surface area contributed by atoms with Gasteiger partial charge in [-0.1, -0.05) is 31.4 Å². The number of hydrogen-bond donors (Lipinski definition) is 1. The largest absolute Gasteiger partial charge is 0.281 e. The lowest BCUT2D eigenvalue weighted by molar-refractivity contribution is 0.354. The third-order valence-electron chi connectivity index (χ3n) is 3.49. The number of nitrogens with zero attached hydrogens (tertiary/aromatic N) is 1. The van der Waals surface area contributed by atoms with E-state index in [0.29, 0.717) is 5.41 Å². The lowest BCUT2D eigenvalue weighted by Gasteiger charge is -2.31. The van der Waals surface area contributed by atoms with Crippen molar-refractivity contribution in [2.24, 2.45) is 0 Å². The van der Waals surface area contributed by atoms with Crippen LogP contribution in [0.4, 0.5) is 0 Å². The second-order valence-electron chi connectivity index (χ2n) is 4.25. The Labute approximate surface area is 78.0 Å². The van der Waals surface area contributed by atoms with Crippen molar-refractivity contribution in [3.8, 4) is 0 Å². The van der Waals surface area contributed by atoms with E-state index in [0.717, 1.165) is 0 Å². The molecule has 68 valence electrons. The standard InChI is InChI=1S/C11H14N2/c1-2-5-11(6-3-1)7-4-9-8-12-13-10(9)11/h4,7-8H,1-3,5-6H2,(H,12,13). The zero-order chi connectivity index (χ0) is 8.73. The number of H-pyrrole nitrogens is 1. The number of allylic oxidation sites excluding steroid dienone is 1. The zero-order valence-electron chi connectivity index (χ0n) is 7.71. The predicted octanol–water partition coefficient (Wildman–Crippen LogP) is 2.64. The molecule has 2 aliphatic carbocycles. The van der Waals surface area contributed by atoms with Crippen molar-refractivity contribution in [1.82, 2.24) is 10.2 Å². The van der Waals surface area contributed by atoms with Gasteiger partial charge in [-0.15, -0.1) is 0 Å². The molecule has 0 amide bonds. The van der Waals surface area contributed by atoms with Crippen molar-refractivity contribution < 1.29 is 0 Å². The van der Waals surface area contributed by atoms with Crippen molar-refractivity contribution in [3.63, 3.8) is 0 Å². The summed E-state index contributed by atoms with van der Waals surface area (Å²) >= 11 is 0. The summed E-state index contributed by atoms with van der Waals surface area (Å²) in [4.78, 5) is 0. The average molecular weight is 174 g/mol. The van der Waals surface area contributed by atoms with E-state index in [1.807, 2.05) is 6.20 Å². The molecule has 0 aliphatic heterocycles. The summed E-state index contributed by atoms with van der Waals surface area (Å²) in [6, 6.07) is 0. The smallest absolute Gasteiger partial charge is 0.0562 e. The summed E-state index contributed by atoms with van der Waals surface area (Å²) in [6.45, 7) is 0. The lowest BCUT2D eigenvalue weighted by atomic mass is 9.73. The maximum absolute atomic E-state index is 4.12. The van der Waals surface area contributed by atoms with Gasteiger partial charge >= 0.3 is 0 Å². The van der Waals surface area contributed by atoms with Crippen LogP contribution in [0.15, 0.2) is 12.3 Å². The Kier molecular flexibility index (Phi) is 1.40. The highest BCUT2D eigenvalue weighted by Gasteiger charge is 2.37. The Morgan fingerprint density at radius 3 is 2.92 bits per heavy atom. The predicted molar refractivity (Wildman–Crippen MR) is 52.4 cm³/mol. The van der Waals surface area contributed by atoms with Gasteiger partial charge in [0.2, 0.25) is 0 Å². The van der Waals surface area contributed by atoms with Crippen LogP contribution in [0.1, 0.15) is 43.4 Å². The van der Waals surface area contributed by atoms with Crippen molar-refractivity contribution in [1.29, 1.82) is 0 Å². The Hall–Kier alpha value is -1.05. The Morgan fingerprint density at radius 2 is 2.08 bits per heavy atom. The monoisotopic (exact) mass is 174 g/mol. The van der Waals surface area contributed by atoms with Crippen LogP contribution in [0, 0.1) is 0 Å². The van der Waals surface area contributed by atoms with Gasteiger partial charge in [-0.05, 0) is 12.8 Å². The zero-order valence-corrected chi connectivity index (χ0v) is 7.71. The molecule has 3 rings (SSSR count). The van der Waals surface area contributed by atoms with Crippen LogP contribution < -0.4 is 0 Å². The minimum Gasteiger partial charge on any atom is -0.281 e. The molecule has 13 heavy (non-hydrogen) atoms. The van der Waals surface area contributed by atoms with Gasteiger partial charge in [-0.3, -0.25) is 5.10 Å². The van der Waals surface area contributed by atoms with Crippen LogP contribution in [-0.4, -0.2) is 10.2 Å². The molecule has 0 aromatic carbocycles. The van der Waals surface area contributed by atoms with E-state index in [1.54, 1.807) is 0 Å². The molecule has 2 nitrogen and oxygen atoms in total. The van der Waals surface area contributed by atoms with Crippen LogP contribution in [-0.2, 0) is 5.41 Å². The van der Waals surface area contributed by atoms with Gasteiger partial charge < -0.3 is 0 Å². The van der Waals surface area contributed by atoms with Gasteiger partial charge in [0.05, 0.1) is 11.9 Å². The van der Waals surface area contributed by atoms with Gasteiger partial charge in [-0.25, -0.2) is 0 Å². The van der Waals surface area contributed by atoms with E-state index in [1.165, 1.54) is 43.4 Å². The quantitative estimate of drug-likeness (QED) is 0.643. The van der Waals surface area contributed by atoms with E-state index in [4.69, 9.17) is 0 Å². The second-order valence-corrected chi connectivity index (χ2v) is 4.25. The first-order valence-electron chi connectivity index (χ1n) is 5.14. The van der Waals surface area contributed by atoms with Crippen molar-refractivity contribution in [2.45, 2.75) is 37.5 Å². The molecule has 0 unspecified atom stereocenters. The van der Waals surface area contributed by atoms with Gasteiger partial charge in [0, 0.05) is 11.0 Å². The molecular formula is C11H14N2. The molecule has 2 heteroatoms. The third kappa shape index (κ3) is 0.916. The molecule has 1 N–H and O–H groups in total. The van der Waals surface area contributed by atoms with E-state index < -0.39 is 0 Å². The second kappa shape index (κ2) is 2.47. The molecule has 0 saturated heterocycles. The molecule has 0 atom stereocenters. The summed E-state index contributed by atoms with van der Waals surface area (Å²) in [5.41, 5.74) is 3.01. The molecule has 2 aliphatic rings. The lowest BCUT2D eigenvalue weighted by Crippen LogP contribution is -2.25. The fraction of sp³-hybridized carbons (Fsp3) is 0.545. The number of hydrogen-bond acceptors (Lipinski definition) is 1. The summed E-state index contributed by atoms with van der Waals surface area (Å²) in [5.74, 6) is 0. The van der Waals surface area contributed by atoms with Crippen LogP contribution in [0.2, 0.25) is 0 Å². The first kappa shape index (κ1) is 7.36. The molecule has 1 spiro atoms. The summed E-state index contributed by atoms with van der Waals surface area (Å²) in [7, 11) is 0. The summed E-state index contributed by atoms with van der Waals surface area (Å²) in [5, 5.41) is 7.28. The molecule has 1 aromatic heterocycles. The fourth-order valence-electron chi connectivity index (χ4n) is 2.75. The molecule has 1 saturated carbocycles. The molecule has 1 aromatic rings. The van der Waals surface area contributed by atoms with Crippen LogP contribution in [0.3, 0.4) is 0 Å². The highest BCUT2D eigenvalue weighted by Crippen LogP contribution is 2.45. The number of nitrogens with one attached hydrogen (secondary N) is 1. The Morgan fingerprint density at radius 1 is 1.23 bits per heavy atom. The van der Waals surface area contributed by atoms with Crippen LogP contribution in [0.5, 0.6) is 0 Å². The Bertz CT molecular complexity index is 343. The topological polar surface area (TPSA) is 28.7 Å². The van der Waals surface area contributed by atoms with Gasteiger partial charge in [0.1, 0.15) is 0 Å². The van der Waals surface area contributed by atoms with Gasteiger partial charge in [0.15, 0.2) is 0 Å². The fourth-order valence-corrected chi connectivity index (χ4v) is 2.75. The number of aromatic amines is 1. The molecule has 1 fully saturated rings. The van der Waals surface area contributed by atoms with Crippen molar-refractivity contribution in [2.75, 3.05) is 0 Å². The molecule has 1 heterocycles. The summed E-state index contributed by atoms with van der Waals surface area (Å²) in [6.07, 6.45) is 13.3. The SMILES string of the molecule is C1=CC2(CCCCC2)c2[nH]ncc21. The van der Waals surface area contributed by atoms with Crippen LogP contribution >= 0.6 is 0 Å². The van der Waals surface area contributed by atoms with E-state index in [2.05, 4.69) is 22.3 Å². The highest BCUT2D eigenvalue weighted by molar-refractivity contribution is 5.62. The van der Waals surface area contributed by atoms with Crippen LogP contribution in [0.25, 0.3) is 6.08 Å². The third-order valence-corrected chi connectivity index (χ3v) is 3.49. The number of fused-ring (bicyclic) bond motifs is 2. The first-order chi connectivity index (χ1) is 6.41. The van der Waals surface area contributed by atoms with Gasteiger partial charge in [-0.2, -0.15) is 5.10 Å². The maximum Gasteiger partial charge on any atom is 0.0562 e. The Balaban J connectivity index is 2.05. The molecule has 0 bridgehead atoms. The van der Waals surface area contributed by atoms with Crippen molar-refractivity contribution in [3.05, 3.63) is 23.5 Å². The average Bonchev–Trinajstić information content (AvgIpc) is 2.73. The molecular weight excluding hydrogens is 160 g/mol. The summed E-state index contributed by atoms with van der Waals surface area (Å²) < 4.78 is 0. The molecule has 0 radical (unpaired) electrons. The first-order valence-corrected chi connectivity index (χ1v) is 5.14. The minimum atomic E-state index is 0.337. The van der Waals surface area contributed by atoms with E-state index >= 15 is 0 Å². The van der Waals surface area contributed by atoms with Crippen molar-refractivity contribution >= 4 is 6.08 Å². The number of rotatable bonds is 0. The minimum absolute atomic E-state index is 0.337. The normalized spacial score (nSPS) is 23.7. The maximum atomic E-state index is 4.12. The highest BCUT2D eigenvalue weighted by atomic mass is 15.1. The number of aromatic nitrogens is 2. The van der Waals surface area contributed by atoms with E-state index in [9.17, 15) is 0 Å². The van der Waals surface area contributed by atoms with Gasteiger partial charge in [0.25, 0.3) is 0 Å². The van der Waals surface area contributed by atoms with E-state index in [-0.39, 0.29) is 0 Å².